The van der Waals surface area contributed by atoms with Gasteiger partial charge in [-0.1, -0.05) is 18.2 Å². The van der Waals surface area contributed by atoms with Crippen LogP contribution in [0.5, 0.6) is 0 Å². The molecule has 1 aromatic carbocycles. The Labute approximate surface area is 126 Å². The van der Waals surface area contributed by atoms with E-state index in [1.165, 1.54) is 0 Å². The molecule has 0 atom stereocenters. The molecule has 0 aliphatic carbocycles. The number of carboxylic acid groups (broad SMARTS) is 1. The highest BCUT2D eigenvalue weighted by atomic mass is 16.4. The fraction of sp³-hybridized carbons (Fsp3) is 0.500. The van der Waals surface area contributed by atoms with Crippen molar-refractivity contribution in [1.82, 2.24) is 5.32 Å². The van der Waals surface area contributed by atoms with Crippen LogP contribution in [0.4, 0.5) is 5.69 Å². The first-order valence-corrected chi connectivity index (χ1v) is 7.02. The number of rotatable bonds is 6. The molecule has 0 fully saturated rings. The summed E-state index contributed by atoms with van der Waals surface area (Å²) in [7, 11) is 0. The summed E-state index contributed by atoms with van der Waals surface area (Å²) in [5, 5.41) is 11.8. The number of nitrogens with zero attached hydrogens (tertiary/aromatic N) is 1. The van der Waals surface area contributed by atoms with Gasteiger partial charge in [-0.2, -0.15) is 0 Å². The molecular formula is C16H24N2O3. The molecule has 0 bridgehead atoms. The number of carboxylic acids is 1. The van der Waals surface area contributed by atoms with E-state index in [1.807, 2.05) is 56.9 Å². The smallest absolute Gasteiger partial charge is 0.305 e. The van der Waals surface area contributed by atoms with Crippen LogP contribution in [0, 0.1) is 6.92 Å². The third-order valence-electron chi connectivity index (χ3n) is 2.90. The standard InChI is InChI=1S/C16H24N2O3/c1-12-7-5-6-8-13(12)18(10-9-15(20)21)11-14(19)17-16(2,3)4/h5-8H,9-11H2,1-4H3,(H,17,19)(H,20,21). The van der Waals surface area contributed by atoms with Crippen LogP contribution in [-0.4, -0.2) is 35.6 Å². The molecule has 1 rings (SSSR count). The monoisotopic (exact) mass is 292 g/mol. The second-order valence-electron chi connectivity index (χ2n) is 6.15. The van der Waals surface area contributed by atoms with Crippen LogP contribution in [0.3, 0.4) is 0 Å². The minimum Gasteiger partial charge on any atom is -0.481 e. The van der Waals surface area contributed by atoms with Gasteiger partial charge in [0.2, 0.25) is 5.91 Å². The molecule has 0 aliphatic heterocycles. The predicted octanol–water partition coefficient (Wildman–Crippen LogP) is 2.19. The van der Waals surface area contributed by atoms with Crippen LogP contribution in [0.2, 0.25) is 0 Å². The van der Waals surface area contributed by atoms with Crippen LogP contribution in [-0.2, 0) is 9.59 Å². The summed E-state index contributed by atoms with van der Waals surface area (Å²) in [6.45, 7) is 8.15. The number of nitrogens with one attached hydrogen (secondary N) is 1. The number of aryl methyl sites for hydroxylation is 1. The van der Waals surface area contributed by atoms with E-state index in [0.717, 1.165) is 11.3 Å². The maximum absolute atomic E-state index is 12.1. The Morgan fingerprint density at radius 1 is 1.24 bits per heavy atom. The Morgan fingerprint density at radius 2 is 1.86 bits per heavy atom. The van der Waals surface area contributed by atoms with Crippen LogP contribution >= 0.6 is 0 Å². The van der Waals surface area contributed by atoms with E-state index in [4.69, 9.17) is 5.11 Å². The minimum atomic E-state index is -0.871. The van der Waals surface area contributed by atoms with Crippen LogP contribution in [0.15, 0.2) is 24.3 Å². The lowest BCUT2D eigenvalue weighted by Gasteiger charge is -2.28. The molecule has 1 aromatic rings. The predicted molar refractivity (Wildman–Crippen MR) is 83.5 cm³/mol. The number of amides is 1. The number of benzene rings is 1. The fourth-order valence-corrected chi connectivity index (χ4v) is 2.06. The van der Waals surface area contributed by atoms with Gasteiger partial charge in [0.25, 0.3) is 0 Å². The largest absolute Gasteiger partial charge is 0.481 e. The van der Waals surface area contributed by atoms with Gasteiger partial charge < -0.3 is 15.3 Å². The molecule has 0 radical (unpaired) electrons. The molecule has 5 heteroatoms. The van der Waals surface area contributed by atoms with Gasteiger partial charge in [0.15, 0.2) is 0 Å². The molecule has 116 valence electrons. The summed E-state index contributed by atoms with van der Waals surface area (Å²) < 4.78 is 0. The van der Waals surface area contributed by atoms with Crippen molar-refractivity contribution in [3.05, 3.63) is 29.8 Å². The Morgan fingerprint density at radius 3 is 2.38 bits per heavy atom. The first-order chi connectivity index (χ1) is 9.69. The van der Waals surface area contributed by atoms with Crippen molar-refractivity contribution in [1.29, 1.82) is 0 Å². The molecule has 5 nitrogen and oxygen atoms in total. The van der Waals surface area contributed by atoms with Crippen molar-refractivity contribution >= 4 is 17.6 Å². The number of anilines is 1. The second-order valence-corrected chi connectivity index (χ2v) is 6.15. The van der Waals surface area contributed by atoms with Crippen molar-refractivity contribution in [3.8, 4) is 0 Å². The van der Waals surface area contributed by atoms with E-state index in [1.54, 1.807) is 0 Å². The molecule has 0 spiro atoms. The molecule has 0 aromatic heterocycles. The Balaban J connectivity index is 2.85. The van der Waals surface area contributed by atoms with Crippen molar-refractivity contribution in [2.45, 2.75) is 39.7 Å². The van der Waals surface area contributed by atoms with Gasteiger partial charge in [-0.3, -0.25) is 9.59 Å². The highest BCUT2D eigenvalue weighted by Crippen LogP contribution is 2.19. The van der Waals surface area contributed by atoms with Crippen molar-refractivity contribution in [3.63, 3.8) is 0 Å². The zero-order chi connectivity index (χ0) is 16.0. The van der Waals surface area contributed by atoms with Gasteiger partial charge in [-0.25, -0.2) is 0 Å². The van der Waals surface area contributed by atoms with Crippen molar-refractivity contribution < 1.29 is 14.7 Å². The number of carbonyl (C=O) groups is 2. The highest BCUT2D eigenvalue weighted by Gasteiger charge is 2.18. The number of carbonyl (C=O) groups excluding carboxylic acids is 1. The lowest BCUT2D eigenvalue weighted by molar-refractivity contribution is -0.136. The van der Waals surface area contributed by atoms with Crippen molar-refractivity contribution in [2.75, 3.05) is 18.0 Å². The summed E-state index contributed by atoms with van der Waals surface area (Å²) in [6.07, 6.45) is -0.00285. The Bertz CT molecular complexity index is 506. The zero-order valence-electron chi connectivity index (χ0n) is 13.1. The molecule has 0 saturated heterocycles. The third-order valence-corrected chi connectivity index (χ3v) is 2.90. The summed E-state index contributed by atoms with van der Waals surface area (Å²) in [4.78, 5) is 24.7. The van der Waals surface area contributed by atoms with Gasteiger partial charge in [-0.15, -0.1) is 0 Å². The van der Waals surface area contributed by atoms with E-state index >= 15 is 0 Å². The van der Waals surface area contributed by atoms with E-state index in [9.17, 15) is 9.59 Å². The van der Waals surface area contributed by atoms with E-state index in [-0.39, 0.29) is 24.4 Å². The van der Waals surface area contributed by atoms with Crippen LogP contribution in [0.25, 0.3) is 0 Å². The number of para-hydroxylation sites is 1. The molecule has 21 heavy (non-hydrogen) atoms. The molecule has 0 saturated carbocycles. The van der Waals surface area contributed by atoms with Gasteiger partial charge in [-0.05, 0) is 39.3 Å². The van der Waals surface area contributed by atoms with Gasteiger partial charge in [0.1, 0.15) is 0 Å². The summed E-state index contributed by atoms with van der Waals surface area (Å²) in [5.41, 5.74) is 1.61. The summed E-state index contributed by atoms with van der Waals surface area (Å²) in [5.74, 6) is -0.985. The molecule has 0 heterocycles. The summed E-state index contributed by atoms with van der Waals surface area (Å²) in [6, 6.07) is 7.66. The lowest BCUT2D eigenvalue weighted by Crippen LogP contribution is -2.46. The Kier molecular flexibility index (Phi) is 5.76. The first-order valence-electron chi connectivity index (χ1n) is 7.02. The molecule has 0 unspecified atom stereocenters. The van der Waals surface area contributed by atoms with E-state index in [0.29, 0.717) is 6.54 Å². The minimum absolute atomic E-state index is 0.00285. The summed E-state index contributed by atoms with van der Waals surface area (Å²) >= 11 is 0. The normalized spacial score (nSPS) is 11.0. The average molecular weight is 292 g/mol. The van der Waals surface area contributed by atoms with E-state index in [2.05, 4.69) is 5.32 Å². The van der Waals surface area contributed by atoms with E-state index < -0.39 is 5.97 Å². The molecule has 1 amide bonds. The zero-order valence-corrected chi connectivity index (χ0v) is 13.1. The van der Waals surface area contributed by atoms with Gasteiger partial charge in [0, 0.05) is 17.8 Å². The topological polar surface area (TPSA) is 69.6 Å². The average Bonchev–Trinajstić information content (AvgIpc) is 2.33. The van der Waals surface area contributed by atoms with Gasteiger partial charge in [0.05, 0.1) is 13.0 Å². The third kappa shape index (κ3) is 6.29. The highest BCUT2D eigenvalue weighted by molar-refractivity contribution is 5.82. The van der Waals surface area contributed by atoms with Crippen molar-refractivity contribution in [2.24, 2.45) is 0 Å². The SMILES string of the molecule is Cc1ccccc1N(CCC(=O)O)CC(=O)NC(C)(C)C. The molecular weight excluding hydrogens is 268 g/mol. The second kappa shape index (κ2) is 7.11. The Hall–Kier alpha value is -2.04. The molecule has 2 N–H and O–H groups in total. The maximum atomic E-state index is 12.1. The van der Waals surface area contributed by atoms with Gasteiger partial charge >= 0.3 is 5.97 Å². The van der Waals surface area contributed by atoms with Crippen LogP contribution in [0.1, 0.15) is 32.8 Å². The number of hydrogen-bond acceptors (Lipinski definition) is 3. The number of hydrogen-bond donors (Lipinski definition) is 2. The first kappa shape index (κ1) is 17.0. The van der Waals surface area contributed by atoms with Crippen LogP contribution < -0.4 is 10.2 Å². The fourth-order valence-electron chi connectivity index (χ4n) is 2.06. The quantitative estimate of drug-likeness (QED) is 0.843. The molecule has 0 aliphatic rings. The maximum Gasteiger partial charge on any atom is 0.305 e. The lowest BCUT2D eigenvalue weighted by atomic mass is 10.1. The number of aliphatic carboxylic acids is 1.